The molecule has 3 rings (SSSR count). The third-order valence-corrected chi connectivity index (χ3v) is 5.04. The summed E-state index contributed by atoms with van der Waals surface area (Å²) in [5, 5.41) is 3.33. The second-order valence-corrected chi connectivity index (χ2v) is 7.43. The van der Waals surface area contributed by atoms with Crippen LogP contribution in [-0.2, 0) is 6.54 Å². The molecule has 0 radical (unpaired) electrons. The molecule has 1 aliphatic heterocycles. The van der Waals surface area contributed by atoms with Crippen LogP contribution in [0.5, 0.6) is 0 Å². The number of pyridine rings is 1. The number of aryl methyl sites for hydroxylation is 2. The van der Waals surface area contributed by atoms with Gasteiger partial charge < -0.3 is 4.90 Å². The molecule has 22 heavy (non-hydrogen) atoms. The van der Waals surface area contributed by atoms with Gasteiger partial charge in [0.05, 0.1) is 10.7 Å². The number of anilines is 1. The maximum atomic E-state index is 4.78. The molecule has 0 saturated carbocycles. The summed E-state index contributed by atoms with van der Waals surface area (Å²) < 4.78 is 0. The van der Waals surface area contributed by atoms with E-state index in [1.165, 1.54) is 23.5 Å². The van der Waals surface area contributed by atoms with Gasteiger partial charge >= 0.3 is 0 Å². The summed E-state index contributed by atoms with van der Waals surface area (Å²) in [6.45, 7) is 7.34. The summed E-state index contributed by atoms with van der Waals surface area (Å²) in [4.78, 5) is 14.0. The smallest absolute Gasteiger partial charge is 0.0897 e. The van der Waals surface area contributed by atoms with Crippen molar-refractivity contribution >= 4 is 17.0 Å². The minimum absolute atomic E-state index is 0.540. The predicted molar refractivity (Wildman–Crippen MR) is 92.8 cm³/mol. The molecule has 118 valence electrons. The van der Waals surface area contributed by atoms with Crippen molar-refractivity contribution in [1.82, 2.24) is 14.9 Å². The van der Waals surface area contributed by atoms with E-state index in [0.717, 1.165) is 30.3 Å². The van der Waals surface area contributed by atoms with Crippen LogP contribution in [0.15, 0.2) is 17.5 Å². The average Bonchev–Trinajstić information content (AvgIpc) is 3.08. The first-order chi connectivity index (χ1) is 10.5. The molecule has 0 amide bonds. The first-order valence-corrected chi connectivity index (χ1v) is 8.68. The van der Waals surface area contributed by atoms with E-state index in [0.29, 0.717) is 5.92 Å². The normalized spacial score (nSPS) is 18.8. The Morgan fingerprint density at radius 2 is 2.09 bits per heavy atom. The van der Waals surface area contributed by atoms with Crippen molar-refractivity contribution in [1.29, 1.82) is 0 Å². The average molecular weight is 316 g/mol. The molecule has 1 fully saturated rings. The highest BCUT2D eigenvalue weighted by molar-refractivity contribution is 7.09. The van der Waals surface area contributed by atoms with Crippen LogP contribution in [-0.4, -0.2) is 42.1 Å². The van der Waals surface area contributed by atoms with Crippen molar-refractivity contribution in [3.8, 4) is 0 Å². The molecule has 2 aromatic rings. The Kier molecular flexibility index (Phi) is 4.45. The number of hydrogen-bond acceptors (Lipinski definition) is 5. The molecule has 5 heteroatoms. The largest absolute Gasteiger partial charge is 0.378 e. The molecule has 0 aliphatic carbocycles. The van der Waals surface area contributed by atoms with Gasteiger partial charge in [0.25, 0.3) is 0 Å². The van der Waals surface area contributed by atoms with Gasteiger partial charge in [-0.15, -0.1) is 11.3 Å². The second-order valence-electron chi connectivity index (χ2n) is 6.36. The number of aromatic nitrogens is 2. The summed E-state index contributed by atoms with van der Waals surface area (Å²) in [5.74, 6) is 0.540. The van der Waals surface area contributed by atoms with Crippen LogP contribution in [0.25, 0.3) is 0 Å². The molecule has 0 N–H and O–H groups in total. The molecule has 4 nitrogen and oxygen atoms in total. The summed E-state index contributed by atoms with van der Waals surface area (Å²) in [5.41, 5.74) is 4.79. The zero-order valence-electron chi connectivity index (χ0n) is 13.8. The van der Waals surface area contributed by atoms with Gasteiger partial charge in [-0.3, -0.25) is 9.88 Å². The minimum atomic E-state index is 0.540. The number of rotatable bonds is 4. The SMILES string of the molecule is Cc1cc(N(C)C)cc(C2CCN(Cc3csc(C)n3)C2)n1. The Bertz CT molecular complexity index is 650. The fourth-order valence-corrected chi connectivity index (χ4v) is 3.67. The van der Waals surface area contributed by atoms with Gasteiger partial charge in [0.1, 0.15) is 0 Å². The number of hydrogen-bond donors (Lipinski definition) is 0. The first kappa shape index (κ1) is 15.4. The minimum Gasteiger partial charge on any atom is -0.378 e. The van der Waals surface area contributed by atoms with Crippen molar-refractivity contribution in [2.45, 2.75) is 32.7 Å². The van der Waals surface area contributed by atoms with Gasteiger partial charge in [-0.2, -0.15) is 0 Å². The van der Waals surface area contributed by atoms with Crippen molar-refractivity contribution in [2.75, 3.05) is 32.1 Å². The van der Waals surface area contributed by atoms with E-state index in [1.54, 1.807) is 11.3 Å². The predicted octanol–water partition coefficient (Wildman–Crippen LogP) is 3.21. The Labute approximate surface area is 136 Å². The number of thiazole rings is 1. The third-order valence-electron chi connectivity index (χ3n) is 4.22. The van der Waals surface area contributed by atoms with Crippen LogP contribution in [0.1, 0.15) is 34.4 Å². The Morgan fingerprint density at radius 1 is 1.27 bits per heavy atom. The third kappa shape index (κ3) is 3.47. The molecule has 0 bridgehead atoms. The molecule has 1 unspecified atom stereocenters. The van der Waals surface area contributed by atoms with Gasteiger partial charge in [-0.25, -0.2) is 4.98 Å². The standard InChI is InChI=1S/C17H24N4S/c1-12-7-16(20(3)4)8-17(18-12)14-5-6-21(9-14)10-15-11-22-13(2)19-15/h7-8,11,14H,5-6,9-10H2,1-4H3. The molecular formula is C17H24N4S. The molecule has 1 aliphatic rings. The molecule has 1 saturated heterocycles. The number of likely N-dealkylation sites (tertiary alicyclic amines) is 1. The molecule has 0 spiro atoms. The molecule has 1 atom stereocenters. The van der Waals surface area contributed by atoms with E-state index in [-0.39, 0.29) is 0 Å². The van der Waals surface area contributed by atoms with E-state index in [9.17, 15) is 0 Å². The Hall–Kier alpha value is -1.46. The van der Waals surface area contributed by atoms with Gasteiger partial charge in [0.15, 0.2) is 0 Å². The maximum absolute atomic E-state index is 4.78. The van der Waals surface area contributed by atoms with Crippen LogP contribution in [0, 0.1) is 13.8 Å². The molecule has 2 aromatic heterocycles. The van der Waals surface area contributed by atoms with Gasteiger partial charge in [0.2, 0.25) is 0 Å². The van der Waals surface area contributed by atoms with E-state index < -0.39 is 0 Å². The Morgan fingerprint density at radius 3 is 2.77 bits per heavy atom. The zero-order chi connectivity index (χ0) is 15.7. The second kappa shape index (κ2) is 6.34. The summed E-state index contributed by atoms with van der Waals surface area (Å²) >= 11 is 1.74. The monoisotopic (exact) mass is 316 g/mol. The van der Waals surface area contributed by atoms with Crippen molar-refractivity contribution in [3.63, 3.8) is 0 Å². The lowest BCUT2D eigenvalue weighted by atomic mass is 10.0. The summed E-state index contributed by atoms with van der Waals surface area (Å²) in [7, 11) is 4.17. The fourth-order valence-electron chi connectivity index (χ4n) is 3.07. The van der Waals surface area contributed by atoms with Crippen molar-refractivity contribution in [2.24, 2.45) is 0 Å². The van der Waals surface area contributed by atoms with Gasteiger partial charge in [0, 0.05) is 55.6 Å². The highest BCUT2D eigenvalue weighted by Crippen LogP contribution is 2.29. The lowest BCUT2D eigenvalue weighted by Gasteiger charge is -2.18. The lowest BCUT2D eigenvalue weighted by Crippen LogP contribution is -2.20. The number of nitrogens with zero attached hydrogens (tertiary/aromatic N) is 4. The van der Waals surface area contributed by atoms with Crippen molar-refractivity contribution in [3.05, 3.63) is 39.6 Å². The summed E-state index contributed by atoms with van der Waals surface area (Å²) in [6.07, 6.45) is 1.19. The van der Waals surface area contributed by atoms with Gasteiger partial charge in [-0.05, 0) is 38.9 Å². The van der Waals surface area contributed by atoms with E-state index in [2.05, 4.69) is 60.2 Å². The molecule has 3 heterocycles. The lowest BCUT2D eigenvalue weighted by molar-refractivity contribution is 0.323. The van der Waals surface area contributed by atoms with E-state index >= 15 is 0 Å². The highest BCUT2D eigenvalue weighted by Gasteiger charge is 2.25. The first-order valence-electron chi connectivity index (χ1n) is 7.80. The fraction of sp³-hybridized carbons (Fsp3) is 0.529. The van der Waals surface area contributed by atoms with E-state index in [1.807, 2.05) is 0 Å². The quantitative estimate of drug-likeness (QED) is 0.867. The topological polar surface area (TPSA) is 32.3 Å². The summed E-state index contributed by atoms with van der Waals surface area (Å²) in [6, 6.07) is 4.39. The van der Waals surface area contributed by atoms with Crippen LogP contribution in [0.2, 0.25) is 0 Å². The van der Waals surface area contributed by atoms with Crippen molar-refractivity contribution < 1.29 is 0 Å². The van der Waals surface area contributed by atoms with Crippen LogP contribution in [0.3, 0.4) is 0 Å². The van der Waals surface area contributed by atoms with Crippen LogP contribution < -0.4 is 4.90 Å². The molecular weight excluding hydrogens is 292 g/mol. The molecule has 0 aromatic carbocycles. The highest BCUT2D eigenvalue weighted by atomic mass is 32.1. The zero-order valence-corrected chi connectivity index (χ0v) is 14.7. The maximum Gasteiger partial charge on any atom is 0.0897 e. The Balaban J connectivity index is 1.69. The van der Waals surface area contributed by atoms with Crippen LogP contribution >= 0.6 is 11.3 Å². The van der Waals surface area contributed by atoms with E-state index in [4.69, 9.17) is 4.98 Å². The van der Waals surface area contributed by atoms with Crippen LogP contribution in [0.4, 0.5) is 5.69 Å². The van der Waals surface area contributed by atoms with Gasteiger partial charge in [-0.1, -0.05) is 0 Å².